The predicted molar refractivity (Wildman–Crippen MR) is 64.8 cm³/mol. The van der Waals surface area contributed by atoms with Gasteiger partial charge in [-0.05, 0) is 17.5 Å². The van der Waals surface area contributed by atoms with Crippen molar-refractivity contribution < 1.29 is 14.4 Å². The molecule has 2 rings (SSSR count). The maximum atomic E-state index is 11.7. The number of nitrogens with one attached hydrogen (secondary N) is 2. The van der Waals surface area contributed by atoms with E-state index >= 15 is 0 Å². The number of urea groups is 1. The Morgan fingerprint density at radius 1 is 1.17 bits per heavy atom. The van der Waals surface area contributed by atoms with Gasteiger partial charge in [0.1, 0.15) is 5.92 Å². The molecule has 0 unspecified atom stereocenters. The maximum Gasteiger partial charge on any atom is 0.328 e. The molecule has 1 aliphatic rings. The van der Waals surface area contributed by atoms with Crippen LogP contribution in [0.4, 0.5) is 4.79 Å². The van der Waals surface area contributed by atoms with Crippen molar-refractivity contribution in [1.29, 1.82) is 0 Å². The van der Waals surface area contributed by atoms with Crippen molar-refractivity contribution in [2.45, 2.75) is 12.3 Å². The van der Waals surface area contributed by atoms with Crippen molar-refractivity contribution in [3.05, 3.63) is 48.0 Å². The van der Waals surface area contributed by atoms with Gasteiger partial charge in [-0.1, -0.05) is 30.3 Å². The third-order valence-electron chi connectivity index (χ3n) is 2.66. The van der Waals surface area contributed by atoms with E-state index in [-0.39, 0.29) is 0 Å². The molecule has 1 aromatic rings. The van der Waals surface area contributed by atoms with Crippen LogP contribution < -0.4 is 10.6 Å². The van der Waals surface area contributed by atoms with E-state index < -0.39 is 23.8 Å². The van der Waals surface area contributed by atoms with Gasteiger partial charge in [-0.2, -0.15) is 0 Å². The Hall–Kier alpha value is -2.43. The van der Waals surface area contributed by atoms with Crippen LogP contribution >= 0.6 is 0 Å². The summed E-state index contributed by atoms with van der Waals surface area (Å²) in [5, 5.41) is 4.16. The summed E-state index contributed by atoms with van der Waals surface area (Å²) in [5.74, 6) is -2.17. The number of hydrogen-bond donors (Lipinski definition) is 2. The molecule has 1 fully saturated rings. The number of allylic oxidation sites excluding steroid dienone is 1. The minimum atomic E-state index is -0.979. The summed E-state index contributed by atoms with van der Waals surface area (Å²) < 4.78 is 0. The molecule has 5 heteroatoms. The third kappa shape index (κ3) is 2.29. The van der Waals surface area contributed by atoms with Crippen molar-refractivity contribution in [2.24, 2.45) is 0 Å². The summed E-state index contributed by atoms with van der Waals surface area (Å²) in [4.78, 5) is 34.3. The van der Waals surface area contributed by atoms with E-state index in [2.05, 4.69) is 17.2 Å². The van der Waals surface area contributed by atoms with Crippen LogP contribution in [0.5, 0.6) is 0 Å². The summed E-state index contributed by atoms with van der Waals surface area (Å²) in [6.07, 6.45) is 2.40. The highest BCUT2D eigenvalue weighted by Gasteiger charge is 2.35. The molecule has 92 valence electrons. The van der Waals surface area contributed by atoms with Gasteiger partial charge in [0.05, 0.1) is 0 Å². The Morgan fingerprint density at radius 2 is 1.83 bits per heavy atom. The molecule has 0 saturated carbocycles. The number of hydrogen-bond acceptors (Lipinski definition) is 3. The zero-order valence-electron chi connectivity index (χ0n) is 9.60. The molecule has 0 aliphatic carbocycles. The van der Waals surface area contributed by atoms with Crippen LogP contribution in [0.1, 0.15) is 17.0 Å². The van der Waals surface area contributed by atoms with E-state index in [1.807, 2.05) is 6.07 Å². The highest BCUT2D eigenvalue weighted by Crippen LogP contribution is 2.20. The summed E-state index contributed by atoms with van der Waals surface area (Å²) in [6.45, 7) is 3.63. The van der Waals surface area contributed by atoms with E-state index in [9.17, 15) is 14.4 Å². The summed E-state index contributed by atoms with van der Waals surface area (Å²) >= 11 is 0. The fourth-order valence-corrected chi connectivity index (χ4v) is 1.89. The van der Waals surface area contributed by atoms with Crippen LogP contribution in [-0.2, 0) is 16.0 Å². The summed E-state index contributed by atoms with van der Waals surface area (Å²) in [6, 6.07) is 6.33. The van der Waals surface area contributed by atoms with Crippen LogP contribution in [0.15, 0.2) is 36.9 Å². The van der Waals surface area contributed by atoms with Gasteiger partial charge in [0, 0.05) is 0 Å². The normalized spacial score (nSPS) is 16.1. The molecule has 0 spiro atoms. The van der Waals surface area contributed by atoms with Crippen LogP contribution in [-0.4, -0.2) is 17.8 Å². The van der Waals surface area contributed by atoms with E-state index in [0.29, 0.717) is 12.0 Å². The first kappa shape index (κ1) is 12.0. The molecular weight excluding hydrogens is 232 g/mol. The zero-order chi connectivity index (χ0) is 13.1. The van der Waals surface area contributed by atoms with Crippen LogP contribution in [0.3, 0.4) is 0 Å². The Labute approximate surface area is 104 Å². The van der Waals surface area contributed by atoms with Crippen LogP contribution in [0.2, 0.25) is 0 Å². The van der Waals surface area contributed by atoms with Crippen molar-refractivity contribution in [2.75, 3.05) is 0 Å². The largest absolute Gasteiger partial charge is 0.328 e. The van der Waals surface area contributed by atoms with Crippen molar-refractivity contribution in [1.82, 2.24) is 10.6 Å². The minimum absolute atomic E-state index is 0.567. The van der Waals surface area contributed by atoms with E-state index in [0.717, 1.165) is 5.56 Å². The number of carbonyl (C=O) groups excluding carboxylic acids is 3. The number of carbonyl (C=O) groups is 3. The van der Waals surface area contributed by atoms with Gasteiger partial charge < -0.3 is 0 Å². The topological polar surface area (TPSA) is 75.3 Å². The lowest BCUT2D eigenvalue weighted by molar-refractivity contribution is -0.132. The summed E-state index contributed by atoms with van der Waals surface area (Å²) in [5.41, 5.74) is 1.52. The summed E-state index contributed by atoms with van der Waals surface area (Å²) in [7, 11) is 0. The lowest BCUT2D eigenvalue weighted by Gasteiger charge is -2.21. The first-order valence-corrected chi connectivity index (χ1v) is 5.47. The number of imide groups is 2. The number of barbiturate groups is 1. The van der Waals surface area contributed by atoms with Gasteiger partial charge in [0.25, 0.3) is 0 Å². The molecule has 4 amide bonds. The Bertz CT molecular complexity index is 517. The first-order chi connectivity index (χ1) is 8.61. The molecule has 0 aromatic heterocycles. The average molecular weight is 244 g/mol. The number of rotatable bonds is 3. The van der Waals surface area contributed by atoms with Gasteiger partial charge in [0.2, 0.25) is 11.8 Å². The van der Waals surface area contributed by atoms with Gasteiger partial charge in [-0.15, -0.1) is 6.58 Å². The lowest BCUT2D eigenvalue weighted by atomic mass is 9.94. The SMILES string of the molecule is C=CCc1cccc(C2C(=O)NC(=O)NC2=O)c1. The van der Waals surface area contributed by atoms with E-state index in [4.69, 9.17) is 0 Å². The maximum absolute atomic E-state index is 11.7. The standard InChI is InChI=1S/C13H12N2O3/c1-2-4-8-5-3-6-9(7-8)10-11(16)14-13(18)15-12(10)17/h2-3,5-7,10H,1,4H2,(H2,14,15,16,17,18). The van der Waals surface area contributed by atoms with E-state index in [1.54, 1.807) is 24.3 Å². The highest BCUT2D eigenvalue weighted by atomic mass is 16.2. The minimum Gasteiger partial charge on any atom is -0.277 e. The Kier molecular flexibility index (Phi) is 3.23. The monoisotopic (exact) mass is 244 g/mol. The predicted octanol–water partition coefficient (Wildman–Crippen LogP) is 0.865. The lowest BCUT2D eigenvalue weighted by Crippen LogP contribution is -2.54. The quantitative estimate of drug-likeness (QED) is 0.611. The molecular formula is C13H12N2O3. The Morgan fingerprint density at radius 3 is 2.44 bits per heavy atom. The molecule has 1 aromatic carbocycles. The molecule has 5 nitrogen and oxygen atoms in total. The van der Waals surface area contributed by atoms with Gasteiger partial charge >= 0.3 is 6.03 Å². The second-order valence-electron chi connectivity index (χ2n) is 3.98. The molecule has 1 aliphatic heterocycles. The second kappa shape index (κ2) is 4.83. The van der Waals surface area contributed by atoms with Gasteiger partial charge in [-0.3, -0.25) is 20.2 Å². The molecule has 1 heterocycles. The van der Waals surface area contributed by atoms with Crippen LogP contribution in [0, 0.1) is 0 Å². The van der Waals surface area contributed by atoms with E-state index in [1.165, 1.54) is 0 Å². The first-order valence-electron chi connectivity index (χ1n) is 5.47. The molecule has 0 atom stereocenters. The molecule has 1 saturated heterocycles. The van der Waals surface area contributed by atoms with Crippen molar-refractivity contribution >= 4 is 17.8 Å². The van der Waals surface area contributed by atoms with Crippen LogP contribution in [0.25, 0.3) is 0 Å². The van der Waals surface area contributed by atoms with Crippen molar-refractivity contribution in [3.8, 4) is 0 Å². The average Bonchev–Trinajstić information content (AvgIpc) is 2.28. The van der Waals surface area contributed by atoms with Crippen molar-refractivity contribution in [3.63, 3.8) is 0 Å². The molecule has 18 heavy (non-hydrogen) atoms. The highest BCUT2D eigenvalue weighted by molar-refractivity contribution is 6.19. The number of benzene rings is 1. The fraction of sp³-hybridized carbons (Fsp3) is 0.154. The van der Waals surface area contributed by atoms with Gasteiger partial charge in [0.15, 0.2) is 0 Å². The second-order valence-corrected chi connectivity index (χ2v) is 3.98. The third-order valence-corrected chi connectivity index (χ3v) is 2.66. The number of amides is 4. The molecule has 0 radical (unpaired) electrons. The molecule has 2 N–H and O–H groups in total. The molecule has 0 bridgehead atoms. The zero-order valence-corrected chi connectivity index (χ0v) is 9.60. The van der Waals surface area contributed by atoms with Gasteiger partial charge in [-0.25, -0.2) is 4.79 Å². The smallest absolute Gasteiger partial charge is 0.277 e. The fourth-order valence-electron chi connectivity index (χ4n) is 1.89. The Balaban J connectivity index is 2.32.